The Balaban J connectivity index is 6.23. The molecule has 30 heteroatoms. The fraction of sp³-hybridized carbons (Fsp3) is 0.698. The summed E-state index contributed by atoms with van der Waals surface area (Å²) in [6, 6.07) is -15.3. The fourth-order valence-electron chi connectivity index (χ4n) is 6.44. The van der Waals surface area contributed by atoms with Gasteiger partial charge in [-0.05, 0) is 85.2 Å². The Bertz CT molecular complexity index is 1960. The molecule has 0 saturated heterocycles. The van der Waals surface area contributed by atoms with Crippen LogP contribution >= 0.6 is 0 Å². The Kier molecular flexibility index (Phi) is 30.3. The van der Waals surface area contributed by atoms with Crippen molar-refractivity contribution in [2.24, 2.45) is 28.9 Å². The van der Waals surface area contributed by atoms with Crippen LogP contribution in [0.4, 0.5) is 0 Å². The van der Waals surface area contributed by atoms with Crippen molar-refractivity contribution in [1.82, 2.24) is 47.9 Å². The minimum Gasteiger partial charge on any atom is -0.481 e. The number of aliphatic hydroxyl groups excluding tert-OH is 1. The van der Waals surface area contributed by atoms with Gasteiger partial charge in [-0.1, -0.05) is 20.3 Å². The van der Waals surface area contributed by atoms with E-state index < -0.39 is 175 Å². The van der Waals surface area contributed by atoms with Crippen LogP contribution in [0.2, 0.25) is 0 Å². The number of carboxylic acid groups (broad SMARTS) is 3. The fourth-order valence-corrected chi connectivity index (χ4v) is 6.44. The van der Waals surface area contributed by atoms with E-state index in [1.165, 1.54) is 27.7 Å². The van der Waals surface area contributed by atoms with Crippen LogP contribution in [0.15, 0.2) is 0 Å². The van der Waals surface area contributed by atoms with Crippen molar-refractivity contribution in [3.05, 3.63) is 0 Å². The molecule has 0 rings (SSSR count). The standard InChI is InChI=1S/C43H75N13O17/c1-19(2)32(41(70)52-26(13-14-30(59)60)38(67)54-28(18-31(61)62)40(69)56-33(23(6)57)42(71)50-22(5)43(72)73)55-35(64)21(4)48-37(66)25(12-8-10-16-45)51-34(63)20(3)49-39(68)27(17-29(47)58)53-36(65)24(46)11-7-9-15-44/h19-28,32-33,57H,7-18,44-46H2,1-6H3,(H2,47,58)(H,48,66)(H,49,68)(H,50,71)(H,51,63)(H,52,70)(H,53,65)(H,54,67)(H,55,64)(H,56,69)(H,59,60)(H,61,62)(H,72,73)/t20-,21-,22-,23+,24-,25-,26-,27-,28-,32-,33-/m0/s1. The zero-order valence-corrected chi connectivity index (χ0v) is 41.8. The average molecular weight is 1050 g/mol. The van der Waals surface area contributed by atoms with Gasteiger partial charge in [-0.15, -0.1) is 0 Å². The number of carboxylic acids is 3. The topological polar surface area (TPSA) is 515 Å². The van der Waals surface area contributed by atoms with Gasteiger partial charge < -0.3 is 91.2 Å². The number of aliphatic carboxylic acids is 3. The molecule has 0 aromatic carbocycles. The molecule has 0 bridgehead atoms. The Morgan fingerprint density at radius 2 is 0.822 bits per heavy atom. The van der Waals surface area contributed by atoms with Crippen molar-refractivity contribution in [2.45, 2.75) is 172 Å². The lowest BCUT2D eigenvalue weighted by Crippen LogP contribution is -2.61. The molecule has 30 nitrogen and oxygen atoms in total. The summed E-state index contributed by atoms with van der Waals surface area (Å²) in [5, 5.41) is 58.7. The third-order valence-corrected chi connectivity index (χ3v) is 10.8. The number of carbonyl (C=O) groups excluding carboxylic acids is 10. The molecule has 0 aromatic rings. The van der Waals surface area contributed by atoms with Gasteiger partial charge in [0.05, 0.1) is 25.0 Å². The van der Waals surface area contributed by atoms with Crippen LogP contribution in [-0.2, 0) is 62.3 Å². The normalized spacial score (nSPS) is 15.5. The maximum absolute atomic E-state index is 13.7. The maximum Gasteiger partial charge on any atom is 0.325 e. The minimum absolute atomic E-state index is 0.0134. The second kappa shape index (κ2) is 33.6. The van der Waals surface area contributed by atoms with Crippen LogP contribution in [-0.4, -0.2) is 177 Å². The number of amides is 10. The van der Waals surface area contributed by atoms with Crippen molar-refractivity contribution in [2.75, 3.05) is 13.1 Å². The molecule has 0 radical (unpaired) electrons. The Labute approximate surface area is 421 Å². The molecule has 0 saturated carbocycles. The van der Waals surface area contributed by atoms with Crippen LogP contribution in [0.25, 0.3) is 0 Å². The molecular formula is C43H75N13O17. The SMILES string of the molecule is CC(C)[C@H](NC(=O)[C@H](C)NC(=O)[C@H](CCCCN)NC(=O)[C@H](C)NC(=O)[C@H](CC(N)=O)NC(=O)[C@@H](N)CCCCN)C(=O)N[C@@H](CCC(=O)O)C(=O)N[C@@H](CC(=O)O)C(=O)N[C@H](C(=O)N[C@@H](C)C(=O)O)[C@@H](C)O. The molecule has 0 aliphatic rings. The maximum atomic E-state index is 13.7. The smallest absolute Gasteiger partial charge is 0.325 e. The number of unbranched alkanes of at least 4 members (excludes halogenated alkanes) is 2. The molecule has 0 fully saturated rings. The van der Waals surface area contributed by atoms with E-state index in [9.17, 15) is 77.6 Å². The van der Waals surface area contributed by atoms with E-state index in [0.29, 0.717) is 32.2 Å². The van der Waals surface area contributed by atoms with E-state index in [4.69, 9.17) is 28.0 Å². The molecule has 0 spiro atoms. The molecule has 414 valence electrons. The minimum atomic E-state index is -2.02. The van der Waals surface area contributed by atoms with Gasteiger partial charge in [0.1, 0.15) is 54.4 Å². The third-order valence-electron chi connectivity index (χ3n) is 10.8. The molecule has 73 heavy (non-hydrogen) atoms. The van der Waals surface area contributed by atoms with Gasteiger partial charge in [-0.2, -0.15) is 0 Å². The highest BCUT2D eigenvalue weighted by atomic mass is 16.4. The van der Waals surface area contributed by atoms with E-state index in [1.807, 2.05) is 10.6 Å². The number of carbonyl (C=O) groups is 13. The van der Waals surface area contributed by atoms with E-state index in [2.05, 4.69) is 37.2 Å². The second-order valence-corrected chi connectivity index (χ2v) is 17.6. The molecule has 0 aliphatic heterocycles. The third kappa shape index (κ3) is 25.8. The van der Waals surface area contributed by atoms with Crippen molar-refractivity contribution < 1.29 is 82.8 Å². The monoisotopic (exact) mass is 1050 g/mol. The van der Waals surface area contributed by atoms with Crippen molar-refractivity contribution in [3.8, 4) is 0 Å². The van der Waals surface area contributed by atoms with Crippen LogP contribution in [0.5, 0.6) is 0 Å². The van der Waals surface area contributed by atoms with Crippen molar-refractivity contribution >= 4 is 77.0 Å². The van der Waals surface area contributed by atoms with Gasteiger partial charge in [0.15, 0.2) is 0 Å². The molecule has 0 aromatic heterocycles. The highest BCUT2D eigenvalue weighted by molar-refractivity contribution is 5.99. The first kappa shape index (κ1) is 66.0. The summed E-state index contributed by atoms with van der Waals surface area (Å²) in [6.45, 7) is 8.16. The zero-order valence-electron chi connectivity index (χ0n) is 41.8. The number of rotatable bonds is 36. The largest absolute Gasteiger partial charge is 0.481 e. The number of hydrogen-bond donors (Lipinski definition) is 17. The summed E-state index contributed by atoms with van der Waals surface area (Å²) in [6.07, 6.45) is -2.81. The molecule has 10 amide bonds. The molecule has 0 aliphatic carbocycles. The van der Waals surface area contributed by atoms with Crippen molar-refractivity contribution in [3.63, 3.8) is 0 Å². The Morgan fingerprint density at radius 3 is 1.30 bits per heavy atom. The summed E-state index contributed by atoms with van der Waals surface area (Å²) < 4.78 is 0. The summed E-state index contributed by atoms with van der Waals surface area (Å²) in [7, 11) is 0. The lowest BCUT2D eigenvalue weighted by molar-refractivity contribution is -0.143. The first-order chi connectivity index (χ1) is 34.0. The van der Waals surface area contributed by atoms with Gasteiger partial charge in [0, 0.05) is 6.42 Å². The molecule has 11 atom stereocenters. The number of nitrogens with one attached hydrogen (secondary N) is 9. The summed E-state index contributed by atoms with van der Waals surface area (Å²) in [5.74, 6) is -15.6. The van der Waals surface area contributed by atoms with Crippen LogP contribution < -0.4 is 70.8 Å². The zero-order chi connectivity index (χ0) is 56.3. The van der Waals surface area contributed by atoms with E-state index in [1.54, 1.807) is 0 Å². The quantitative estimate of drug-likeness (QED) is 0.0259. The number of aliphatic hydroxyl groups is 1. The van der Waals surface area contributed by atoms with E-state index in [-0.39, 0.29) is 19.4 Å². The predicted molar refractivity (Wildman–Crippen MR) is 255 cm³/mol. The molecular weight excluding hydrogens is 971 g/mol. The van der Waals surface area contributed by atoms with E-state index in [0.717, 1.165) is 13.8 Å². The molecule has 21 N–H and O–H groups in total. The lowest BCUT2D eigenvalue weighted by atomic mass is 10.0. The lowest BCUT2D eigenvalue weighted by Gasteiger charge is -2.28. The highest BCUT2D eigenvalue weighted by Gasteiger charge is 2.36. The number of primary amides is 1. The highest BCUT2D eigenvalue weighted by Crippen LogP contribution is 2.09. The Hall–Kier alpha value is -7.05. The Morgan fingerprint density at radius 1 is 0.425 bits per heavy atom. The van der Waals surface area contributed by atoms with Gasteiger partial charge >= 0.3 is 17.9 Å². The predicted octanol–water partition coefficient (Wildman–Crippen LogP) is -6.67. The number of nitrogens with two attached hydrogens (primary N) is 4. The van der Waals surface area contributed by atoms with Crippen LogP contribution in [0, 0.1) is 5.92 Å². The second-order valence-electron chi connectivity index (χ2n) is 17.6. The van der Waals surface area contributed by atoms with Gasteiger partial charge in [0.2, 0.25) is 59.1 Å². The van der Waals surface area contributed by atoms with Crippen LogP contribution in [0.1, 0.15) is 106 Å². The molecule has 0 heterocycles. The van der Waals surface area contributed by atoms with Crippen molar-refractivity contribution in [1.29, 1.82) is 0 Å². The van der Waals surface area contributed by atoms with Gasteiger partial charge in [0.25, 0.3) is 0 Å². The van der Waals surface area contributed by atoms with Crippen LogP contribution in [0.3, 0.4) is 0 Å². The average Bonchev–Trinajstić information content (AvgIpc) is 3.29. The van der Waals surface area contributed by atoms with E-state index >= 15 is 0 Å². The summed E-state index contributed by atoms with van der Waals surface area (Å²) in [4.78, 5) is 166. The summed E-state index contributed by atoms with van der Waals surface area (Å²) in [5.41, 5.74) is 22.3. The number of hydrogen-bond acceptors (Lipinski definition) is 17. The first-order valence-corrected chi connectivity index (χ1v) is 23.5. The van der Waals surface area contributed by atoms with Gasteiger partial charge in [-0.3, -0.25) is 62.3 Å². The first-order valence-electron chi connectivity index (χ1n) is 23.5. The summed E-state index contributed by atoms with van der Waals surface area (Å²) >= 11 is 0. The van der Waals surface area contributed by atoms with Gasteiger partial charge in [-0.25, -0.2) is 0 Å². The molecule has 0 unspecified atom stereocenters.